The zero-order valence-electron chi connectivity index (χ0n) is 23.5. The summed E-state index contributed by atoms with van der Waals surface area (Å²) < 4.78 is 29.2. The normalized spacial score (nSPS) is 12.0. The van der Waals surface area contributed by atoms with Crippen molar-refractivity contribution < 1.29 is 23.4 Å². The van der Waals surface area contributed by atoms with Gasteiger partial charge >= 0.3 is 5.97 Å². The summed E-state index contributed by atoms with van der Waals surface area (Å²) >= 11 is 0. The topological polar surface area (TPSA) is 150 Å². The van der Waals surface area contributed by atoms with Crippen molar-refractivity contribution in [3.63, 3.8) is 0 Å². The molecule has 0 fully saturated rings. The molecule has 1 heterocycles. The molecule has 216 valence electrons. The summed E-state index contributed by atoms with van der Waals surface area (Å²) in [4.78, 5) is 29.0. The van der Waals surface area contributed by atoms with Crippen LogP contribution in [0.25, 0.3) is 11.1 Å². The molecule has 0 saturated carbocycles. The zero-order chi connectivity index (χ0) is 30.6. The number of hydrogen-bond acceptors (Lipinski definition) is 7. The minimum Gasteiger partial charge on any atom is -0.492 e. The number of hydrogen-bond donors (Lipinski definition) is 2. The second-order valence-corrected chi connectivity index (χ2v) is 11.8. The van der Waals surface area contributed by atoms with Gasteiger partial charge in [0.25, 0.3) is 5.56 Å². The first-order valence-corrected chi connectivity index (χ1v) is 15.1. The molecule has 9 nitrogen and oxygen atoms in total. The number of aromatic hydroxyl groups is 1. The summed E-state index contributed by atoms with van der Waals surface area (Å²) in [6, 6.07) is 18.7. The largest absolute Gasteiger partial charge is 0.492 e. The van der Waals surface area contributed by atoms with Crippen LogP contribution in [0.1, 0.15) is 72.0 Å². The van der Waals surface area contributed by atoms with Crippen LogP contribution in [0.15, 0.2) is 81.3 Å². The second-order valence-electron chi connectivity index (χ2n) is 9.95. The molecule has 0 aliphatic carbocycles. The van der Waals surface area contributed by atoms with Crippen LogP contribution in [-0.4, -0.2) is 34.2 Å². The predicted molar refractivity (Wildman–Crippen MR) is 157 cm³/mol. The molecule has 0 radical (unpaired) electrons. The van der Waals surface area contributed by atoms with Crippen molar-refractivity contribution in [1.29, 1.82) is 5.26 Å². The minimum absolute atomic E-state index is 0.0645. The number of nitrogens with zero attached hydrogens (tertiary/aromatic N) is 3. The van der Waals surface area contributed by atoms with Crippen LogP contribution < -0.4 is 5.56 Å². The smallest absolute Gasteiger partial charge is 0.336 e. The fourth-order valence-corrected chi connectivity index (χ4v) is 6.56. The lowest BCUT2D eigenvalue weighted by Crippen LogP contribution is -2.33. The van der Waals surface area contributed by atoms with Gasteiger partial charge in [0.1, 0.15) is 5.82 Å². The second kappa shape index (κ2) is 12.4. The maximum atomic E-state index is 14.1. The third-order valence-electron chi connectivity index (χ3n) is 7.21. The average molecular weight is 586 g/mol. The number of carbonyl (C=O) groups is 1. The standard InChI is InChI=1S/C32H31N3O6S/c1-4-6-14-28-34-30(36)29(31(37)35(28)27(5-2)22-11-9-10-21(18-22)19-33)42(40,41)23-15-16-24(20(3)17-23)25-12-7-8-13-26(25)32(38)39/h7-13,15-18,27,36H,4-6,14H2,1-3H3,(H,38,39)/t27-/m0/s1. The first-order valence-electron chi connectivity index (χ1n) is 13.6. The molecule has 1 aromatic heterocycles. The first-order chi connectivity index (χ1) is 20.0. The fourth-order valence-electron chi connectivity index (χ4n) is 5.13. The summed E-state index contributed by atoms with van der Waals surface area (Å²) in [6.07, 6.45) is 2.18. The first kappa shape index (κ1) is 30.2. The molecule has 42 heavy (non-hydrogen) atoms. The van der Waals surface area contributed by atoms with Gasteiger partial charge in [-0.2, -0.15) is 10.2 Å². The van der Waals surface area contributed by atoms with Gasteiger partial charge in [-0.15, -0.1) is 0 Å². The van der Waals surface area contributed by atoms with Gasteiger partial charge in [-0.05, 0) is 72.4 Å². The number of unbranched alkanes of at least 4 members (excludes halogenated alkanes) is 1. The Balaban J connectivity index is 1.91. The molecule has 3 aromatic carbocycles. The molecule has 0 amide bonds. The van der Waals surface area contributed by atoms with E-state index in [0.717, 1.165) is 6.42 Å². The van der Waals surface area contributed by atoms with Gasteiger partial charge in [0.2, 0.25) is 15.7 Å². The van der Waals surface area contributed by atoms with Crippen LogP contribution in [0.5, 0.6) is 5.88 Å². The Morgan fingerprint density at radius 2 is 1.79 bits per heavy atom. The molecule has 0 unspecified atom stereocenters. The van der Waals surface area contributed by atoms with Crippen LogP contribution in [0.3, 0.4) is 0 Å². The molecular formula is C32H31N3O6S. The highest BCUT2D eigenvalue weighted by molar-refractivity contribution is 7.91. The van der Waals surface area contributed by atoms with Gasteiger partial charge in [0, 0.05) is 6.42 Å². The van der Waals surface area contributed by atoms with E-state index in [-0.39, 0.29) is 16.3 Å². The molecule has 0 aliphatic rings. The van der Waals surface area contributed by atoms with Crippen molar-refractivity contribution in [2.75, 3.05) is 0 Å². The van der Waals surface area contributed by atoms with Gasteiger partial charge in [0.15, 0.2) is 4.90 Å². The zero-order valence-corrected chi connectivity index (χ0v) is 24.4. The summed E-state index contributed by atoms with van der Waals surface area (Å²) in [7, 11) is -4.56. The van der Waals surface area contributed by atoms with Crippen molar-refractivity contribution >= 4 is 15.8 Å². The molecule has 0 saturated heterocycles. The van der Waals surface area contributed by atoms with Crippen LogP contribution in [0.2, 0.25) is 0 Å². The van der Waals surface area contributed by atoms with E-state index in [1.807, 2.05) is 13.8 Å². The van der Waals surface area contributed by atoms with Crippen LogP contribution in [0, 0.1) is 18.3 Å². The highest BCUT2D eigenvalue weighted by atomic mass is 32.2. The highest BCUT2D eigenvalue weighted by Crippen LogP contribution is 2.33. The Kier molecular flexibility index (Phi) is 8.93. The van der Waals surface area contributed by atoms with Crippen molar-refractivity contribution in [3.8, 4) is 23.1 Å². The number of rotatable bonds is 10. The quantitative estimate of drug-likeness (QED) is 0.242. The molecule has 1 atom stereocenters. The molecule has 0 aliphatic heterocycles. The number of sulfone groups is 1. The molecular weight excluding hydrogens is 554 g/mol. The average Bonchev–Trinajstić information content (AvgIpc) is 2.97. The van der Waals surface area contributed by atoms with Crippen molar-refractivity contribution in [2.45, 2.75) is 62.3 Å². The molecule has 4 aromatic rings. The van der Waals surface area contributed by atoms with Gasteiger partial charge in [-0.3, -0.25) is 9.36 Å². The van der Waals surface area contributed by atoms with Crippen molar-refractivity contribution in [3.05, 3.63) is 105 Å². The third kappa shape index (κ3) is 5.69. The summed E-state index contributed by atoms with van der Waals surface area (Å²) in [5.74, 6) is -1.74. The van der Waals surface area contributed by atoms with E-state index in [0.29, 0.717) is 47.1 Å². The van der Waals surface area contributed by atoms with E-state index in [1.165, 1.54) is 28.8 Å². The predicted octanol–water partition coefficient (Wildman–Crippen LogP) is 5.67. The van der Waals surface area contributed by atoms with Crippen molar-refractivity contribution in [1.82, 2.24) is 9.55 Å². The summed E-state index contributed by atoms with van der Waals surface area (Å²) in [5, 5.41) is 29.9. The molecule has 2 N–H and O–H groups in total. The summed E-state index contributed by atoms with van der Waals surface area (Å²) in [6.45, 7) is 5.46. The van der Waals surface area contributed by atoms with E-state index in [2.05, 4.69) is 11.1 Å². The Hall–Kier alpha value is -4.75. The van der Waals surface area contributed by atoms with E-state index in [4.69, 9.17) is 0 Å². The van der Waals surface area contributed by atoms with Crippen molar-refractivity contribution in [2.24, 2.45) is 0 Å². The van der Waals surface area contributed by atoms with Gasteiger partial charge in [-0.1, -0.05) is 56.7 Å². The number of aryl methyl sites for hydroxylation is 2. The Morgan fingerprint density at radius 1 is 1.05 bits per heavy atom. The number of benzene rings is 3. The van der Waals surface area contributed by atoms with Crippen LogP contribution >= 0.6 is 0 Å². The molecule has 10 heteroatoms. The van der Waals surface area contributed by atoms with E-state index >= 15 is 0 Å². The molecule has 4 rings (SSSR count). The maximum absolute atomic E-state index is 14.1. The highest BCUT2D eigenvalue weighted by Gasteiger charge is 2.32. The SMILES string of the molecule is CCCCc1nc(O)c(S(=O)(=O)c2ccc(-c3ccccc3C(=O)O)c(C)c2)c(=O)n1[C@@H](CC)c1cccc(C#N)c1. The van der Waals surface area contributed by atoms with E-state index in [9.17, 15) is 33.5 Å². The molecule has 0 bridgehead atoms. The third-order valence-corrected chi connectivity index (χ3v) is 8.98. The number of nitriles is 1. The summed E-state index contributed by atoms with van der Waals surface area (Å²) in [5.41, 5.74) is 1.61. The number of carboxylic acid groups (broad SMARTS) is 1. The van der Waals surface area contributed by atoms with Gasteiger partial charge < -0.3 is 10.2 Å². The molecule has 0 spiro atoms. The lowest BCUT2D eigenvalue weighted by atomic mass is 9.96. The van der Waals surface area contributed by atoms with E-state index < -0.39 is 38.2 Å². The Bertz CT molecular complexity index is 1870. The number of aromatic carboxylic acids is 1. The van der Waals surface area contributed by atoms with Gasteiger partial charge in [-0.25, -0.2) is 13.2 Å². The Labute approximate surface area is 244 Å². The lowest BCUT2D eigenvalue weighted by molar-refractivity contribution is 0.0697. The lowest BCUT2D eigenvalue weighted by Gasteiger charge is -2.23. The van der Waals surface area contributed by atoms with E-state index in [1.54, 1.807) is 49.4 Å². The van der Waals surface area contributed by atoms with Gasteiger partial charge in [0.05, 0.1) is 28.1 Å². The number of aromatic nitrogens is 2. The maximum Gasteiger partial charge on any atom is 0.336 e. The van der Waals surface area contributed by atoms with Crippen LogP contribution in [0.4, 0.5) is 0 Å². The fraction of sp³-hybridized carbons (Fsp3) is 0.250. The van der Waals surface area contributed by atoms with Crippen LogP contribution in [-0.2, 0) is 16.3 Å². The monoisotopic (exact) mass is 585 g/mol. The Morgan fingerprint density at radius 3 is 2.43 bits per heavy atom. The minimum atomic E-state index is -4.56. The number of carboxylic acids is 1.